The number of nitrogens with two attached hydrogens (primary N) is 1. The van der Waals surface area contributed by atoms with Gasteiger partial charge in [-0.1, -0.05) is 12.1 Å². The Balaban J connectivity index is 0.000000220. The smallest absolute Gasteiger partial charge is 0.338 e. The number of rotatable bonds is 2. The molecular weight excluding hydrogens is 428 g/mol. The predicted octanol–water partition coefficient (Wildman–Crippen LogP) is 3.97. The van der Waals surface area contributed by atoms with E-state index in [0.717, 1.165) is 0 Å². The van der Waals surface area contributed by atoms with Gasteiger partial charge in [0.2, 0.25) is 0 Å². The number of carbonyl (C=O) groups excluding carboxylic acids is 1. The first kappa shape index (κ1) is 18.2. The van der Waals surface area contributed by atoms with Crippen LogP contribution in [0.1, 0.15) is 20.7 Å². The third-order valence-electron chi connectivity index (χ3n) is 2.40. The first-order chi connectivity index (χ1) is 10.3. The number of carboxylic acids is 1. The molecule has 0 aliphatic rings. The number of carboxylic acid groups (broad SMARTS) is 1. The second-order valence-corrected chi connectivity index (χ2v) is 5.58. The molecule has 4 nitrogen and oxygen atoms in total. The normalized spacial score (nSPS) is 9.64. The molecule has 3 N–H and O–H groups in total. The molecule has 8 heteroatoms. The zero-order chi connectivity index (χ0) is 16.9. The lowest BCUT2D eigenvalue weighted by molar-refractivity contribution is 0.0691. The van der Waals surface area contributed by atoms with Gasteiger partial charge in [-0.05, 0) is 56.1 Å². The van der Waals surface area contributed by atoms with E-state index < -0.39 is 23.5 Å². The monoisotopic (exact) mass is 435 g/mol. The van der Waals surface area contributed by atoms with Crippen LogP contribution in [0.3, 0.4) is 0 Å². The van der Waals surface area contributed by atoms with Crippen molar-refractivity contribution in [1.82, 2.24) is 0 Å². The lowest BCUT2D eigenvalue weighted by Gasteiger charge is -1.98. The molecule has 0 fully saturated rings. The van der Waals surface area contributed by atoms with Crippen LogP contribution in [-0.2, 0) is 0 Å². The molecule has 0 aromatic heterocycles. The topological polar surface area (TPSA) is 80.4 Å². The SMILES string of the molecule is NC(=O)c1cccc(Br)c1F.O=C(O)c1cccc(Br)c1F. The summed E-state index contributed by atoms with van der Waals surface area (Å²) in [6.07, 6.45) is 0. The van der Waals surface area contributed by atoms with Gasteiger partial charge in [0, 0.05) is 0 Å². The summed E-state index contributed by atoms with van der Waals surface area (Å²) in [5, 5.41) is 8.43. The lowest BCUT2D eigenvalue weighted by Crippen LogP contribution is -2.13. The van der Waals surface area contributed by atoms with Gasteiger partial charge in [0.05, 0.1) is 20.1 Å². The Morgan fingerprint density at radius 3 is 1.64 bits per heavy atom. The number of amides is 1. The molecule has 0 aliphatic heterocycles. The van der Waals surface area contributed by atoms with Crippen LogP contribution in [0.5, 0.6) is 0 Å². The van der Waals surface area contributed by atoms with Gasteiger partial charge in [-0.25, -0.2) is 13.6 Å². The highest BCUT2D eigenvalue weighted by molar-refractivity contribution is 9.10. The molecule has 1 amide bonds. The molecule has 0 unspecified atom stereocenters. The fourth-order valence-corrected chi connectivity index (χ4v) is 2.10. The Bertz CT molecular complexity index is 662. The molecule has 2 aromatic rings. The molecule has 0 saturated carbocycles. The van der Waals surface area contributed by atoms with Gasteiger partial charge in [-0.2, -0.15) is 0 Å². The highest BCUT2D eigenvalue weighted by Gasteiger charge is 2.11. The first-order valence-electron chi connectivity index (χ1n) is 5.66. The molecule has 0 atom stereocenters. The summed E-state index contributed by atoms with van der Waals surface area (Å²) in [4.78, 5) is 20.8. The van der Waals surface area contributed by atoms with Crippen LogP contribution in [0.25, 0.3) is 0 Å². The summed E-state index contributed by atoms with van der Waals surface area (Å²) in [7, 11) is 0. The fraction of sp³-hybridized carbons (Fsp3) is 0. The molecule has 0 heterocycles. The minimum atomic E-state index is -1.26. The second kappa shape index (κ2) is 8.00. The summed E-state index contributed by atoms with van der Waals surface area (Å²) in [5.74, 6) is -3.37. The van der Waals surface area contributed by atoms with E-state index in [1.54, 1.807) is 6.07 Å². The van der Waals surface area contributed by atoms with E-state index in [2.05, 4.69) is 31.9 Å². The van der Waals surface area contributed by atoms with Crippen LogP contribution in [0.2, 0.25) is 0 Å². The van der Waals surface area contributed by atoms with Crippen molar-refractivity contribution in [2.45, 2.75) is 0 Å². The molecule has 0 bridgehead atoms. The molecular formula is C14H9Br2F2NO3. The van der Waals surface area contributed by atoms with Crippen LogP contribution >= 0.6 is 31.9 Å². The third-order valence-corrected chi connectivity index (χ3v) is 3.62. The average Bonchev–Trinajstić information content (AvgIpc) is 2.45. The van der Waals surface area contributed by atoms with Crippen LogP contribution in [0.15, 0.2) is 45.3 Å². The summed E-state index contributed by atoms with van der Waals surface area (Å²) in [6, 6.07) is 8.51. The van der Waals surface area contributed by atoms with Gasteiger partial charge in [-0.3, -0.25) is 4.79 Å². The second-order valence-electron chi connectivity index (χ2n) is 3.87. The first-order valence-corrected chi connectivity index (χ1v) is 7.25. The van der Waals surface area contributed by atoms with E-state index in [-0.39, 0.29) is 20.1 Å². The number of hydrogen-bond donors (Lipinski definition) is 2. The summed E-state index contributed by atoms with van der Waals surface area (Å²) in [6.45, 7) is 0. The van der Waals surface area contributed by atoms with Gasteiger partial charge in [-0.15, -0.1) is 0 Å². The number of aromatic carboxylic acids is 1. The Morgan fingerprint density at radius 1 is 0.909 bits per heavy atom. The van der Waals surface area contributed by atoms with E-state index in [1.807, 2.05) is 0 Å². The number of halogens is 4. The van der Waals surface area contributed by atoms with E-state index in [1.165, 1.54) is 30.3 Å². The highest BCUT2D eigenvalue weighted by atomic mass is 79.9. The van der Waals surface area contributed by atoms with Crippen LogP contribution in [-0.4, -0.2) is 17.0 Å². The largest absolute Gasteiger partial charge is 0.478 e. The molecule has 116 valence electrons. The van der Waals surface area contributed by atoms with Crippen molar-refractivity contribution in [2.24, 2.45) is 5.73 Å². The summed E-state index contributed by atoms with van der Waals surface area (Å²) in [5.41, 5.74) is 4.47. The fourth-order valence-electron chi connectivity index (χ4n) is 1.36. The predicted molar refractivity (Wildman–Crippen MR) is 83.7 cm³/mol. The van der Waals surface area contributed by atoms with E-state index >= 15 is 0 Å². The average molecular weight is 437 g/mol. The maximum Gasteiger partial charge on any atom is 0.338 e. The number of benzene rings is 2. The Hall–Kier alpha value is -1.80. The molecule has 0 aliphatic carbocycles. The summed E-state index contributed by atoms with van der Waals surface area (Å²) >= 11 is 5.81. The van der Waals surface area contributed by atoms with Gasteiger partial charge < -0.3 is 10.8 Å². The lowest BCUT2D eigenvalue weighted by atomic mass is 10.2. The highest BCUT2D eigenvalue weighted by Crippen LogP contribution is 2.18. The van der Waals surface area contributed by atoms with Crippen molar-refractivity contribution in [3.63, 3.8) is 0 Å². The maximum absolute atomic E-state index is 12.9. The van der Waals surface area contributed by atoms with Crippen molar-refractivity contribution in [3.8, 4) is 0 Å². The molecule has 0 radical (unpaired) electrons. The maximum atomic E-state index is 12.9. The summed E-state index contributed by atoms with van der Waals surface area (Å²) < 4.78 is 26.1. The Morgan fingerprint density at radius 2 is 1.32 bits per heavy atom. The van der Waals surface area contributed by atoms with Crippen LogP contribution < -0.4 is 5.73 Å². The van der Waals surface area contributed by atoms with Crippen molar-refractivity contribution in [3.05, 3.63) is 68.1 Å². The van der Waals surface area contributed by atoms with Crippen molar-refractivity contribution in [2.75, 3.05) is 0 Å². The number of hydrogen-bond acceptors (Lipinski definition) is 2. The molecule has 0 spiro atoms. The minimum absolute atomic E-state index is 0.0978. The zero-order valence-electron chi connectivity index (χ0n) is 10.8. The zero-order valence-corrected chi connectivity index (χ0v) is 14.0. The molecule has 2 rings (SSSR count). The van der Waals surface area contributed by atoms with Crippen LogP contribution in [0.4, 0.5) is 8.78 Å². The minimum Gasteiger partial charge on any atom is -0.478 e. The van der Waals surface area contributed by atoms with E-state index in [0.29, 0.717) is 0 Å². The standard InChI is InChI=1S/C7H5BrFNO.C7H4BrFO2/c2*8-5-3-1-2-4(6(5)9)7(10)11/h1-3H,(H2,10,11);1-3H,(H,10,11). The number of carbonyl (C=O) groups is 2. The van der Waals surface area contributed by atoms with Crippen LogP contribution in [0, 0.1) is 11.6 Å². The van der Waals surface area contributed by atoms with E-state index in [9.17, 15) is 18.4 Å². The quantitative estimate of drug-likeness (QED) is 0.747. The third kappa shape index (κ3) is 4.60. The van der Waals surface area contributed by atoms with Gasteiger partial charge in [0.15, 0.2) is 5.82 Å². The van der Waals surface area contributed by atoms with Gasteiger partial charge >= 0.3 is 5.97 Å². The van der Waals surface area contributed by atoms with Crippen molar-refractivity contribution < 1.29 is 23.5 Å². The van der Waals surface area contributed by atoms with E-state index in [4.69, 9.17) is 10.8 Å². The Kier molecular flexibility index (Phi) is 6.63. The van der Waals surface area contributed by atoms with Gasteiger partial charge in [0.1, 0.15) is 5.82 Å². The molecule has 0 saturated heterocycles. The Labute approximate surface area is 141 Å². The molecule has 2 aromatic carbocycles. The molecule has 22 heavy (non-hydrogen) atoms. The van der Waals surface area contributed by atoms with Crippen molar-refractivity contribution >= 4 is 43.7 Å². The van der Waals surface area contributed by atoms with Crippen molar-refractivity contribution in [1.29, 1.82) is 0 Å². The number of primary amides is 1. The van der Waals surface area contributed by atoms with Gasteiger partial charge in [0.25, 0.3) is 5.91 Å².